The number of hydrogen-bond donors (Lipinski definition) is 5. The maximum atomic E-state index is 13.7. The molecule has 0 bridgehead atoms. The molecule has 2 aromatic carbocycles. The summed E-state index contributed by atoms with van der Waals surface area (Å²) in [6.07, 6.45) is -1.48. The minimum atomic E-state index is -1.92. The Labute approximate surface area is 230 Å². The Balaban J connectivity index is 1.48. The molecule has 0 amide bonds. The number of benzene rings is 2. The van der Waals surface area contributed by atoms with Gasteiger partial charge >= 0.3 is 0 Å². The lowest BCUT2D eigenvalue weighted by atomic mass is 9.71. The normalized spacial score (nSPS) is 32.6. The van der Waals surface area contributed by atoms with Gasteiger partial charge in [0, 0.05) is 48.0 Å². The highest BCUT2D eigenvalue weighted by Gasteiger charge is 2.50. The van der Waals surface area contributed by atoms with Gasteiger partial charge in [0.1, 0.15) is 22.8 Å². The van der Waals surface area contributed by atoms with E-state index in [1.807, 2.05) is 6.92 Å². The van der Waals surface area contributed by atoms with E-state index in [-0.39, 0.29) is 76.0 Å². The molecule has 0 aromatic heterocycles. The van der Waals surface area contributed by atoms with Gasteiger partial charge in [0.2, 0.25) is 5.78 Å². The molecule has 0 radical (unpaired) electrons. The van der Waals surface area contributed by atoms with E-state index in [1.165, 1.54) is 26.2 Å². The standard InChI is InChI=1S/C30H33NO9/c1-12-7-14(8-16(25(12)33)18-11-31-18)40-20-10-30(38,13(2)32)9-17-22(20)29(37)24-23(27(17)35)26(34)15-5-4-6-19(39-3)21(15)28(24)36/h4-6,12,14,16,18,20,25,31,33,35,37-38H,7-11H2,1-3H3/t12?,14?,16?,18?,20-,25?,30-/m0/s1. The van der Waals surface area contributed by atoms with Crippen molar-refractivity contribution >= 4 is 17.3 Å². The van der Waals surface area contributed by atoms with Gasteiger partial charge in [0.25, 0.3) is 0 Å². The summed E-state index contributed by atoms with van der Waals surface area (Å²) in [6.45, 7) is 3.98. The van der Waals surface area contributed by atoms with E-state index in [9.17, 15) is 34.8 Å². The van der Waals surface area contributed by atoms with Crippen LogP contribution in [0.3, 0.4) is 0 Å². The highest BCUT2D eigenvalue weighted by Crippen LogP contribution is 2.53. The lowest BCUT2D eigenvalue weighted by Gasteiger charge is -2.42. The Morgan fingerprint density at radius 1 is 1.07 bits per heavy atom. The fourth-order valence-corrected chi connectivity index (χ4v) is 6.93. The van der Waals surface area contributed by atoms with E-state index in [4.69, 9.17) is 9.47 Å². The first-order valence-corrected chi connectivity index (χ1v) is 13.6. The number of aliphatic hydroxyl groups is 2. The molecule has 1 saturated heterocycles. The van der Waals surface area contributed by atoms with Crippen LogP contribution in [0.15, 0.2) is 18.2 Å². The number of carbonyl (C=O) groups is 3. The maximum absolute atomic E-state index is 13.7. The molecule has 5 N–H and O–H groups in total. The molecule has 5 unspecified atom stereocenters. The zero-order valence-corrected chi connectivity index (χ0v) is 22.6. The first-order valence-electron chi connectivity index (χ1n) is 13.6. The first-order chi connectivity index (χ1) is 19.0. The van der Waals surface area contributed by atoms with Crippen LogP contribution in [0.4, 0.5) is 0 Å². The lowest BCUT2D eigenvalue weighted by molar-refractivity contribution is -0.148. The summed E-state index contributed by atoms with van der Waals surface area (Å²) in [5, 5.41) is 48.4. The highest BCUT2D eigenvalue weighted by molar-refractivity contribution is 6.31. The van der Waals surface area contributed by atoms with Gasteiger partial charge in [-0.05, 0) is 31.7 Å². The van der Waals surface area contributed by atoms with Crippen molar-refractivity contribution < 1.29 is 44.3 Å². The number of aromatic hydroxyl groups is 2. The van der Waals surface area contributed by atoms with Gasteiger partial charge in [-0.2, -0.15) is 0 Å². The molecule has 2 aromatic rings. The third-order valence-electron chi connectivity index (χ3n) is 9.24. The summed E-state index contributed by atoms with van der Waals surface area (Å²) in [6, 6.07) is 4.71. The number of methoxy groups -OCH3 is 1. The predicted octanol–water partition coefficient (Wildman–Crippen LogP) is 1.95. The molecule has 1 aliphatic heterocycles. The number of ether oxygens (including phenoxy) is 2. The second-order valence-electron chi connectivity index (χ2n) is 11.7. The predicted molar refractivity (Wildman–Crippen MR) is 141 cm³/mol. The van der Waals surface area contributed by atoms with E-state index < -0.39 is 46.7 Å². The molecule has 10 nitrogen and oxygen atoms in total. The average molecular weight is 552 g/mol. The zero-order valence-electron chi connectivity index (χ0n) is 22.6. The van der Waals surface area contributed by atoms with Crippen molar-refractivity contribution in [1.82, 2.24) is 5.32 Å². The molecule has 40 heavy (non-hydrogen) atoms. The lowest BCUT2D eigenvalue weighted by Crippen LogP contribution is -2.47. The van der Waals surface area contributed by atoms with Gasteiger partial charge in [-0.25, -0.2) is 0 Å². The number of rotatable bonds is 5. The van der Waals surface area contributed by atoms with Gasteiger partial charge in [0.05, 0.1) is 42.1 Å². The molecular formula is C30H33NO9. The smallest absolute Gasteiger partial charge is 0.202 e. The molecule has 4 aliphatic rings. The summed E-state index contributed by atoms with van der Waals surface area (Å²) >= 11 is 0. The van der Waals surface area contributed by atoms with Crippen LogP contribution < -0.4 is 10.1 Å². The number of carbonyl (C=O) groups excluding carboxylic acids is 3. The molecule has 1 saturated carbocycles. The van der Waals surface area contributed by atoms with E-state index in [2.05, 4.69) is 5.32 Å². The van der Waals surface area contributed by atoms with Crippen LogP contribution in [0.2, 0.25) is 0 Å². The molecule has 212 valence electrons. The third-order valence-corrected chi connectivity index (χ3v) is 9.24. The van der Waals surface area contributed by atoms with Crippen LogP contribution in [0.5, 0.6) is 17.2 Å². The Morgan fingerprint density at radius 3 is 2.42 bits per heavy atom. The SMILES string of the molecule is COc1cccc2c1C(=O)c1c(O)c3c(c(O)c1C2=O)C[C@@](O)(C(C)=O)C[C@@H]3OC1CC(C)C(O)C(C2CN2)C1. The Bertz CT molecular complexity index is 1450. The van der Waals surface area contributed by atoms with Crippen molar-refractivity contribution in [2.45, 2.75) is 69.5 Å². The first kappa shape index (κ1) is 26.9. The highest BCUT2D eigenvalue weighted by atomic mass is 16.5. The van der Waals surface area contributed by atoms with Crippen molar-refractivity contribution in [3.8, 4) is 17.2 Å². The topological polar surface area (TPSA) is 173 Å². The maximum Gasteiger partial charge on any atom is 0.202 e. The number of fused-ring (bicyclic) bond motifs is 3. The Hall–Kier alpha value is -3.31. The van der Waals surface area contributed by atoms with Crippen LogP contribution >= 0.6 is 0 Å². The van der Waals surface area contributed by atoms with E-state index >= 15 is 0 Å². The number of aliphatic hydroxyl groups excluding tert-OH is 1. The van der Waals surface area contributed by atoms with Crippen molar-refractivity contribution in [2.75, 3.05) is 13.7 Å². The summed E-state index contributed by atoms with van der Waals surface area (Å²) in [5.41, 5.74) is -2.55. The molecule has 6 rings (SSSR count). The number of ketones is 3. The number of phenolic OH excluding ortho intramolecular Hbond substituents is 2. The number of nitrogens with one attached hydrogen (secondary N) is 1. The van der Waals surface area contributed by atoms with Crippen LogP contribution in [-0.2, 0) is 16.0 Å². The van der Waals surface area contributed by atoms with Crippen molar-refractivity contribution in [2.24, 2.45) is 11.8 Å². The van der Waals surface area contributed by atoms with Crippen molar-refractivity contribution in [3.63, 3.8) is 0 Å². The largest absolute Gasteiger partial charge is 0.507 e. The summed E-state index contributed by atoms with van der Waals surface area (Å²) < 4.78 is 11.8. The molecule has 7 atom stereocenters. The second-order valence-corrected chi connectivity index (χ2v) is 11.7. The Morgan fingerprint density at radius 2 is 1.77 bits per heavy atom. The Kier molecular flexibility index (Phi) is 6.30. The van der Waals surface area contributed by atoms with Crippen LogP contribution in [0.1, 0.15) is 82.2 Å². The molecule has 3 aliphatic carbocycles. The monoisotopic (exact) mass is 551 g/mol. The summed E-state index contributed by atoms with van der Waals surface area (Å²) in [4.78, 5) is 39.9. The van der Waals surface area contributed by atoms with E-state index in [0.29, 0.717) is 12.8 Å². The van der Waals surface area contributed by atoms with Crippen LogP contribution in [0, 0.1) is 11.8 Å². The van der Waals surface area contributed by atoms with Gasteiger partial charge in [-0.15, -0.1) is 0 Å². The zero-order chi connectivity index (χ0) is 28.7. The minimum Gasteiger partial charge on any atom is -0.507 e. The summed E-state index contributed by atoms with van der Waals surface area (Å²) in [5.74, 6) is -2.94. The molecular weight excluding hydrogens is 518 g/mol. The van der Waals surface area contributed by atoms with E-state index in [0.717, 1.165) is 6.54 Å². The van der Waals surface area contributed by atoms with Crippen LogP contribution in [-0.4, -0.2) is 75.3 Å². The number of Topliss-reactive ketones (excluding diaryl/α,β-unsaturated/α-hetero) is 1. The fourth-order valence-electron chi connectivity index (χ4n) is 6.93. The van der Waals surface area contributed by atoms with Gasteiger partial charge in [-0.1, -0.05) is 19.1 Å². The quantitative estimate of drug-likeness (QED) is 0.233. The van der Waals surface area contributed by atoms with Gasteiger partial charge in [-0.3, -0.25) is 14.4 Å². The number of hydrogen-bond acceptors (Lipinski definition) is 10. The molecule has 2 fully saturated rings. The van der Waals surface area contributed by atoms with Gasteiger partial charge < -0.3 is 35.2 Å². The van der Waals surface area contributed by atoms with Crippen molar-refractivity contribution in [1.29, 1.82) is 0 Å². The molecule has 1 heterocycles. The third kappa shape index (κ3) is 3.96. The van der Waals surface area contributed by atoms with Gasteiger partial charge in [0.15, 0.2) is 11.6 Å². The molecule has 10 heteroatoms. The molecule has 0 spiro atoms. The van der Waals surface area contributed by atoms with E-state index in [1.54, 1.807) is 6.07 Å². The van der Waals surface area contributed by atoms with Crippen molar-refractivity contribution in [3.05, 3.63) is 51.6 Å². The summed E-state index contributed by atoms with van der Waals surface area (Å²) in [7, 11) is 1.37. The average Bonchev–Trinajstić information content (AvgIpc) is 3.76. The second kappa shape index (κ2) is 9.37. The number of phenols is 2. The fraction of sp³-hybridized carbons (Fsp3) is 0.500. The van der Waals surface area contributed by atoms with Crippen LogP contribution in [0.25, 0.3) is 0 Å². The minimum absolute atomic E-state index is 0.00185.